The van der Waals surface area contributed by atoms with Crippen LogP contribution in [0.5, 0.6) is 0 Å². The number of aryl methyl sites for hydroxylation is 1. The molecule has 1 unspecified atom stereocenters. The van der Waals surface area contributed by atoms with Gasteiger partial charge < -0.3 is 16.0 Å². The number of nitrogens with zero attached hydrogens (tertiary/aromatic N) is 2. The van der Waals surface area contributed by atoms with Crippen LogP contribution < -0.4 is 11.1 Å². The van der Waals surface area contributed by atoms with Crippen LogP contribution in [0.2, 0.25) is 0 Å². The number of anilines is 1. The second-order valence-electron chi connectivity index (χ2n) is 9.83. The van der Waals surface area contributed by atoms with Gasteiger partial charge in [-0.15, -0.1) is 0 Å². The molecule has 34 heavy (non-hydrogen) atoms. The average Bonchev–Trinajstić information content (AvgIpc) is 3.46. The molecule has 3 N–H and O–H groups in total. The van der Waals surface area contributed by atoms with Crippen LogP contribution in [0.4, 0.5) is 5.82 Å². The van der Waals surface area contributed by atoms with Crippen LogP contribution in [-0.2, 0) is 11.2 Å². The Morgan fingerprint density at radius 2 is 1.91 bits per heavy atom. The minimum atomic E-state index is -0.175. The lowest BCUT2D eigenvalue weighted by Crippen LogP contribution is -2.32. The Morgan fingerprint density at radius 1 is 1.15 bits per heavy atom. The average molecular weight is 457 g/mol. The summed E-state index contributed by atoms with van der Waals surface area (Å²) in [6.07, 6.45) is 4.82. The van der Waals surface area contributed by atoms with Crippen molar-refractivity contribution in [3.63, 3.8) is 0 Å². The number of fused-ring (bicyclic) bond motifs is 1. The molecule has 0 bridgehead atoms. The zero-order valence-corrected chi connectivity index (χ0v) is 19.9. The van der Waals surface area contributed by atoms with Crippen LogP contribution in [0.25, 0.3) is 22.0 Å². The first-order valence-corrected chi connectivity index (χ1v) is 12.3. The number of carbonyl (C=O) groups excluding carboxylic acids is 2. The Morgan fingerprint density at radius 3 is 2.65 bits per heavy atom. The summed E-state index contributed by atoms with van der Waals surface area (Å²) in [7, 11) is 0. The normalized spacial score (nSPS) is 16.6. The van der Waals surface area contributed by atoms with E-state index >= 15 is 0 Å². The molecule has 1 saturated carbocycles. The highest BCUT2D eigenvalue weighted by Gasteiger charge is 2.26. The van der Waals surface area contributed by atoms with Crippen molar-refractivity contribution in [1.82, 2.24) is 15.2 Å². The molecule has 3 aromatic rings. The Balaban J connectivity index is 1.49. The molecule has 2 aromatic carbocycles. The molecule has 5 rings (SSSR count). The number of amides is 2. The first-order chi connectivity index (χ1) is 16.4. The molecule has 1 atom stereocenters. The fourth-order valence-corrected chi connectivity index (χ4v) is 4.87. The number of hydrogen-bond acceptors (Lipinski definition) is 4. The van der Waals surface area contributed by atoms with Gasteiger partial charge >= 0.3 is 0 Å². The third-order valence-electron chi connectivity index (χ3n) is 7.01. The van der Waals surface area contributed by atoms with E-state index in [1.165, 1.54) is 0 Å². The fourth-order valence-electron chi connectivity index (χ4n) is 4.87. The standard InChI is InChI=1S/C28H32N4O2/c1-17-6-5-7-23(28(34)32-12-3-4-13-32)25(17)19-8-11-24-20(15-19)16-21(26(29)31-24)14-18(2)27(33)30-22-9-10-22/h5-8,11,15-16,18,22H,3-4,9-10,12-14H2,1-2H3,(H2,29,31)(H,30,33). The quantitative estimate of drug-likeness (QED) is 0.572. The fraction of sp³-hybridized carbons (Fsp3) is 0.393. The van der Waals surface area contributed by atoms with Crippen molar-refractivity contribution in [2.24, 2.45) is 5.92 Å². The molecule has 0 radical (unpaired) electrons. The monoisotopic (exact) mass is 456 g/mol. The van der Waals surface area contributed by atoms with Crippen molar-refractivity contribution in [3.05, 3.63) is 59.2 Å². The summed E-state index contributed by atoms with van der Waals surface area (Å²) in [6.45, 7) is 5.63. The van der Waals surface area contributed by atoms with Crippen molar-refractivity contribution >= 4 is 28.5 Å². The summed E-state index contributed by atoms with van der Waals surface area (Å²) in [5.74, 6) is 0.460. The maximum atomic E-state index is 13.3. The largest absolute Gasteiger partial charge is 0.383 e. The number of likely N-dealkylation sites (tertiary alicyclic amines) is 1. The van der Waals surface area contributed by atoms with Crippen molar-refractivity contribution < 1.29 is 9.59 Å². The highest BCUT2D eigenvalue weighted by molar-refractivity contribution is 6.02. The number of hydrogen-bond donors (Lipinski definition) is 2. The van der Waals surface area contributed by atoms with Gasteiger partial charge in [-0.3, -0.25) is 9.59 Å². The van der Waals surface area contributed by atoms with Crippen molar-refractivity contribution in [3.8, 4) is 11.1 Å². The van der Waals surface area contributed by atoms with E-state index in [1.54, 1.807) is 0 Å². The number of benzene rings is 2. The molecular weight excluding hydrogens is 424 g/mol. The molecule has 2 heterocycles. The maximum Gasteiger partial charge on any atom is 0.254 e. The lowest BCUT2D eigenvalue weighted by Gasteiger charge is -2.19. The number of pyridine rings is 1. The SMILES string of the molecule is Cc1cccc(C(=O)N2CCCC2)c1-c1ccc2nc(N)c(CC(C)C(=O)NC3CC3)cc2c1. The summed E-state index contributed by atoms with van der Waals surface area (Å²) in [4.78, 5) is 32.3. The molecule has 6 nitrogen and oxygen atoms in total. The third-order valence-corrected chi connectivity index (χ3v) is 7.01. The predicted molar refractivity (Wildman–Crippen MR) is 135 cm³/mol. The highest BCUT2D eigenvalue weighted by Crippen LogP contribution is 2.32. The number of nitrogen functional groups attached to an aromatic ring is 1. The van der Waals surface area contributed by atoms with Crippen LogP contribution in [-0.4, -0.2) is 40.8 Å². The molecule has 2 aliphatic rings. The molecular formula is C28H32N4O2. The summed E-state index contributed by atoms with van der Waals surface area (Å²) < 4.78 is 0. The molecule has 1 aromatic heterocycles. The number of nitrogens with two attached hydrogens (primary N) is 1. The summed E-state index contributed by atoms with van der Waals surface area (Å²) >= 11 is 0. The maximum absolute atomic E-state index is 13.3. The van der Waals surface area contributed by atoms with Crippen LogP contribution >= 0.6 is 0 Å². The van der Waals surface area contributed by atoms with Gasteiger partial charge in [0.15, 0.2) is 0 Å². The number of aromatic nitrogens is 1. The Hall–Kier alpha value is -3.41. The van der Waals surface area contributed by atoms with Gasteiger partial charge in [0.2, 0.25) is 5.91 Å². The molecule has 6 heteroatoms. The predicted octanol–water partition coefficient (Wildman–Crippen LogP) is 4.49. The zero-order valence-electron chi connectivity index (χ0n) is 19.9. The minimum Gasteiger partial charge on any atom is -0.383 e. The number of rotatable bonds is 6. The van der Waals surface area contributed by atoms with E-state index in [0.717, 1.165) is 77.5 Å². The van der Waals surface area contributed by atoms with E-state index in [-0.39, 0.29) is 17.7 Å². The van der Waals surface area contributed by atoms with Crippen molar-refractivity contribution in [2.75, 3.05) is 18.8 Å². The van der Waals surface area contributed by atoms with Gasteiger partial charge in [-0.2, -0.15) is 0 Å². The Bertz CT molecular complexity index is 1260. The van der Waals surface area contributed by atoms with Gasteiger partial charge in [-0.1, -0.05) is 25.1 Å². The zero-order chi connectivity index (χ0) is 23.8. The van der Waals surface area contributed by atoms with Crippen molar-refractivity contribution in [1.29, 1.82) is 0 Å². The van der Waals surface area contributed by atoms with Crippen LogP contribution in [0.15, 0.2) is 42.5 Å². The third kappa shape index (κ3) is 4.49. The topological polar surface area (TPSA) is 88.3 Å². The van der Waals surface area contributed by atoms with E-state index in [9.17, 15) is 9.59 Å². The summed E-state index contributed by atoms with van der Waals surface area (Å²) in [5, 5.41) is 4.03. The minimum absolute atomic E-state index is 0.0701. The van der Waals surface area contributed by atoms with Gasteiger partial charge in [0.25, 0.3) is 5.91 Å². The van der Waals surface area contributed by atoms with Crippen LogP contribution in [0.1, 0.15) is 54.1 Å². The van der Waals surface area contributed by atoms with E-state index in [1.807, 2.05) is 55.1 Å². The van der Waals surface area contributed by atoms with E-state index in [4.69, 9.17) is 5.73 Å². The number of carbonyl (C=O) groups is 2. The first kappa shape index (κ1) is 22.4. The van der Waals surface area contributed by atoms with E-state index < -0.39 is 0 Å². The molecule has 176 valence electrons. The molecule has 1 aliphatic heterocycles. The molecule has 0 spiro atoms. The van der Waals surface area contributed by atoms with Gasteiger partial charge in [-0.05, 0) is 85.5 Å². The van der Waals surface area contributed by atoms with E-state index in [2.05, 4.69) is 16.4 Å². The lowest BCUT2D eigenvalue weighted by atomic mass is 9.92. The van der Waals surface area contributed by atoms with Gasteiger partial charge in [0, 0.05) is 36.0 Å². The molecule has 1 saturated heterocycles. The van der Waals surface area contributed by atoms with Gasteiger partial charge in [-0.25, -0.2) is 4.98 Å². The Kier molecular flexibility index (Phi) is 5.98. The van der Waals surface area contributed by atoms with E-state index in [0.29, 0.717) is 18.3 Å². The second-order valence-corrected chi connectivity index (χ2v) is 9.83. The molecule has 2 amide bonds. The highest BCUT2D eigenvalue weighted by atomic mass is 16.2. The Labute approximate surface area is 200 Å². The summed E-state index contributed by atoms with van der Waals surface area (Å²) in [5.41, 5.74) is 11.7. The number of nitrogens with one attached hydrogen (secondary N) is 1. The first-order valence-electron chi connectivity index (χ1n) is 12.3. The van der Waals surface area contributed by atoms with Crippen molar-refractivity contribution in [2.45, 2.75) is 52.0 Å². The lowest BCUT2D eigenvalue weighted by molar-refractivity contribution is -0.124. The second kappa shape index (κ2) is 9.09. The summed E-state index contributed by atoms with van der Waals surface area (Å²) in [6, 6.07) is 14.4. The van der Waals surface area contributed by atoms with Gasteiger partial charge in [0.1, 0.15) is 5.82 Å². The van der Waals surface area contributed by atoms with Crippen LogP contribution in [0, 0.1) is 12.8 Å². The van der Waals surface area contributed by atoms with Gasteiger partial charge in [0.05, 0.1) is 5.52 Å². The smallest absolute Gasteiger partial charge is 0.254 e. The molecule has 2 fully saturated rings. The molecule has 1 aliphatic carbocycles. The van der Waals surface area contributed by atoms with Crippen LogP contribution in [0.3, 0.4) is 0 Å².